The minimum absolute atomic E-state index is 0.186. The molecule has 2 fully saturated rings. The number of nitrogens with zero attached hydrogens (tertiary/aromatic N) is 2. The van der Waals surface area contributed by atoms with E-state index in [9.17, 15) is 9.90 Å². The maximum Gasteiger partial charge on any atom is 0.227 e. The standard InChI is InChI=1S/C13H25N3O2/c1-13(2,18)10-15-5-7-16(8-6-15)12(17)11-3-4-14-9-11/h11,14,18H,3-10H2,1-2H3. The van der Waals surface area contributed by atoms with E-state index in [1.807, 2.05) is 18.7 Å². The molecule has 104 valence electrons. The Bertz CT molecular complexity index is 287. The van der Waals surface area contributed by atoms with Gasteiger partial charge in [-0.2, -0.15) is 0 Å². The molecule has 2 heterocycles. The molecular formula is C13H25N3O2. The zero-order chi connectivity index (χ0) is 13.2. The fourth-order valence-corrected chi connectivity index (χ4v) is 2.80. The van der Waals surface area contributed by atoms with Crippen LogP contribution in [-0.2, 0) is 4.79 Å². The summed E-state index contributed by atoms with van der Waals surface area (Å²) < 4.78 is 0. The van der Waals surface area contributed by atoms with Gasteiger partial charge in [0.25, 0.3) is 0 Å². The number of hydrogen-bond acceptors (Lipinski definition) is 4. The summed E-state index contributed by atoms with van der Waals surface area (Å²) >= 11 is 0. The van der Waals surface area contributed by atoms with Crippen LogP contribution in [0.5, 0.6) is 0 Å². The summed E-state index contributed by atoms with van der Waals surface area (Å²) in [6.07, 6.45) is 0.975. The molecule has 5 heteroatoms. The van der Waals surface area contributed by atoms with Crippen LogP contribution in [0.2, 0.25) is 0 Å². The molecule has 1 unspecified atom stereocenters. The van der Waals surface area contributed by atoms with Crippen molar-refractivity contribution in [1.82, 2.24) is 15.1 Å². The third kappa shape index (κ3) is 3.67. The van der Waals surface area contributed by atoms with E-state index >= 15 is 0 Å². The Morgan fingerprint density at radius 3 is 2.50 bits per heavy atom. The molecule has 0 radical (unpaired) electrons. The maximum atomic E-state index is 12.2. The molecule has 2 N–H and O–H groups in total. The number of amides is 1. The number of rotatable bonds is 3. The topological polar surface area (TPSA) is 55.8 Å². The quantitative estimate of drug-likeness (QED) is 0.714. The van der Waals surface area contributed by atoms with E-state index in [4.69, 9.17) is 0 Å². The Hall–Kier alpha value is -0.650. The molecule has 2 rings (SSSR count). The molecule has 18 heavy (non-hydrogen) atoms. The van der Waals surface area contributed by atoms with Gasteiger partial charge >= 0.3 is 0 Å². The highest BCUT2D eigenvalue weighted by molar-refractivity contribution is 5.79. The summed E-state index contributed by atoms with van der Waals surface area (Å²) in [5.41, 5.74) is -0.651. The maximum absolute atomic E-state index is 12.2. The van der Waals surface area contributed by atoms with Crippen molar-refractivity contribution in [2.24, 2.45) is 5.92 Å². The Morgan fingerprint density at radius 2 is 2.00 bits per heavy atom. The second kappa shape index (κ2) is 5.55. The molecule has 0 aromatic heterocycles. The summed E-state index contributed by atoms with van der Waals surface area (Å²) in [4.78, 5) is 16.4. The van der Waals surface area contributed by atoms with Gasteiger partial charge in [-0.15, -0.1) is 0 Å². The fourth-order valence-electron chi connectivity index (χ4n) is 2.80. The lowest BCUT2D eigenvalue weighted by atomic mass is 10.1. The Morgan fingerprint density at radius 1 is 1.33 bits per heavy atom. The van der Waals surface area contributed by atoms with E-state index in [-0.39, 0.29) is 5.92 Å². The highest BCUT2D eigenvalue weighted by atomic mass is 16.3. The first-order valence-electron chi connectivity index (χ1n) is 6.90. The number of nitrogens with one attached hydrogen (secondary N) is 1. The van der Waals surface area contributed by atoms with Gasteiger partial charge in [0, 0.05) is 39.3 Å². The first-order chi connectivity index (χ1) is 8.46. The Labute approximate surface area is 109 Å². The molecule has 0 aromatic carbocycles. The van der Waals surface area contributed by atoms with Gasteiger partial charge in [0.15, 0.2) is 0 Å². The summed E-state index contributed by atoms with van der Waals surface area (Å²) in [5.74, 6) is 0.494. The zero-order valence-corrected chi connectivity index (χ0v) is 11.5. The molecule has 2 saturated heterocycles. The van der Waals surface area contributed by atoms with Gasteiger partial charge in [-0.25, -0.2) is 0 Å². The summed E-state index contributed by atoms with van der Waals surface area (Å²) in [5, 5.41) is 13.0. The largest absolute Gasteiger partial charge is 0.389 e. The predicted octanol–water partition coefficient (Wildman–Crippen LogP) is -0.489. The molecule has 2 aliphatic rings. The van der Waals surface area contributed by atoms with Crippen molar-refractivity contribution in [2.45, 2.75) is 25.9 Å². The van der Waals surface area contributed by atoms with Gasteiger partial charge in [-0.1, -0.05) is 0 Å². The number of hydrogen-bond donors (Lipinski definition) is 2. The minimum atomic E-state index is -0.651. The normalized spacial score (nSPS) is 26.6. The van der Waals surface area contributed by atoms with E-state index in [1.165, 1.54) is 0 Å². The van der Waals surface area contributed by atoms with Crippen molar-refractivity contribution < 1.29 is 9.90 Å². The number of carbonyl (C=O) groups excluding carboxylic acids is 1. The van der Waals surface area contributed by atoms with Crippen molar-refractivity contribution in [3.8, 4) is 0 Å². The van der Waals surface area contributed by atoms with Crippen LogP contribution in [0.4, 0.5) is 0 Å². The Kier molecular flexibility index (Phi) is 4.25. The van der Waals surface area contributed by atoms with Crippen LogP contribution in [0.3, 0.4) is 0 Å². The van der Waals surface area contributed by atoms with Crippen LogP contribution in [-0.4, -0.2) is 72.2 Å². The predicted molar refractivity (Wildman–Crippen MR) is 70.3 cm³/mol. The van der Waals surface area contributed by atoms with Gasteiger partial charge in [-0.3, -0.25) is 9.69 Å². The average Bonchev–Trinajstić information content (AvgIpc) is 2.80. The molecule has 0 bridgehead atoms. The molecule has 0 saturated carbocycles. The third-order valence-corrected chi connectivity index (χ3v) is 3.70. The molecule has 0 aromatic rings. The van der Waals surface area contributed by atoms with Crippen LogP contribution in [0, 0.1) is 5.92 Å². The van der Waals surface area contributed by atoms with E-state index < -0.39 is 5.60 Å². The number of β-amino-alcohol motifs (C(OH)–C–C–N with tert-alkyl or cyclic N) is 1. The highest BCUT2D eigenvalue weighted by Crippen LogP contribution is 2.14. The zero-order valence-electron chi connectivity index (χ0n) is 11.5. The van der Waals surface area contributed by atoms with Crippen molar-refractivity contribution in [2.75, 3.05) is 45.8 Å². The molecule has 5 nitrogen and oxygen atoms in total. The van der Waals surface area contributed by atoms with Crippen molar-refractivity contribution in [3.63, 3.8) is 0 Å². The Balaban J connectivity index is 1.77. The van der Waals surface area contributed by atoms with E-state index in [0.717, 1.165) is 45.7 Å². The lowest BCUT2D eigenvalue weighted by molar-refractivity contribution is -0.137. The second-order valence-corrected chi connectivity index (χ2v) is 6.10. The summed E-state index contributed by atoms with van der Waals surface area (Å²) in [6, 6.07) is 0. The summed E-state index contributed by atoms with van der Waals surface area (Å²) in [6.45, 7) is 9.48. The second-order valence-electron chi connectivity index (χ2n) is 6.10. The van der Waals surface area contributed by atoms with Crippen LogP contribution in [0.1, 0.15) is 20.3 Å². The lowest BCUT2D eigenvalue weighted by Gasteiger charge is -2.38. The number of carbonyl (C=O) groups is 1. The SMILES string of the molecule is CC(C)(O)CN1CCN(C(=O)C2CCNC2)CC1. The molecule has 2 aliphatic heterocycles. The van der Waals surface area contributed by atoms with E-state index in [1.54, 1.807) is 0 Å². The number of piperazine rings is 1. The average molecular weight is 255 g/mol. The molecule has 0 aliphatic carbocycles. The molecule has 1 amide bonds. The van der Waals surface area contributed by atoms with Gasteiger partial charge < -0.3 is 15.3 Å². The van der Waals surface area contributed by atoms with Crippen molar-refractivity contribution in [1.29, 1.82) is 0 Å². The van der Waals surface area contributed by atoms with Gasteiger partial charge in [0.05, 0.1) is 11.5 Å². The molecule has 0 spiro atoms. The monoisotopic (exact) mass is 255 g/mol. The smallest absolute Gasteiger partial charge is 0.227 e. The first kappa shape index (κ1) is 13.8. The summed E-state index contributed by atoms with van der Waals surface area (Å²) in [7, 11) is 0. The highest BCUT2D eigenvalue weighted by Gasteiger charge is 2.30. The van der Waals surface area contributed by atoms with Gasteiger partial charge in [0.2, 0.25) is 5.91 Å². The van der Waals surface area contributed by atoms with Crippen LogP contribution in [0.25, 0.3) is 0 Å². The van der Waals surface area contributed by atoms with E-state index in [0.29, 0.717) is 12.5 Å². The third-order valence-electron chi connectivity index (χ3n) is 3.70. The van der Waals surface area contributed by atoms with Gasteiger partial charge in [0.1, 0.15) is 0 Å². The van der Waals surface area contributed by atoms with E-state index in [2.05, 4.69) is 10.2 Å². The molecular weight excluding hydrogens is 230 g/mol. The molecule has 1 atom stereocenters. The lowest BCUT2D eigenvalue weighted by Crippen LogP contribution is -2.53. The fraction of sp³-hybridized carbons (Fsp3) is 0.923. The van der Waals surface area contributed by atoms with Gasteiger partial charge in [-0.05, 0) is 26.8 Å². The van der Waals surface area contributed by atoms with Crippen molar-refractivity contribution in [3.05, 3.63) is 0 Å². The van der Waals surface area contributed by atoms with Crippen LogP contribution < -0.4 is 5.32 Å². The first-order valence-corrected chi connectivity index (χ1v) is 6.90. The number of aliphatic hydroxyl groups is 1. The minimum Gasteiger partial charge on any atom is -0.389 e. The van der Waals surface area contributed by atoms with Crippen molar-refractivity contribution >= 4 is 5.91 Å². The van der Waals surface area contributed by atoms with Crippen LogP contribution in [0.15, 0.2) is 0 Å². The van der Waals surface area contributed by atoms with Crippen LogP contribution >= 0.6 is 0 Å².